The van der Waals surface area contributed by atoms with Gasteiger partial charge in [-0.2, -0.15) is 0 Å². The standard InChI is InChI=1S/C22H26N2O4/c1-26-19-13-21-20(27-10-5-11-28-21)12-17(19)15-24-9-4-6-16(14-24)22(25)18-7-2-3-8-23-18/h2-3,7-8,12-13,16H,4-6,9-11,14-15H2,1H3. The number of methoxy groups -OCH3 is 1. The molecule has 1 aromatic heterocycles. The van der Waals surface area contributed by atoms with E-state index in [4.69, 9.17) is 14.2 Å². The highest BCUT2D eigenvalue weighted by Crippen LogP contribution is 2.37. The lowest BCUT2D eigenvalue weighted by Crippen LogP contribution is -2.38. The predicted molar refractivity (Wildman–Crippen MR) is 105 cm³/mol. The van der Waals surface area contributed by atoms with Crippen LogP contribution in [-0.4, -0.2) is 49.1 Å². The molecule has 0 saturated carbocycles. The largest absolute Gasteiger partial charge is 0.496 e. The van der Waals surface area contributed by atoms with Crippen molar-refractivity contribution in [3.05, 3.63) is 47.8 Å². The second-order valence-corrected chi connectivity index (χ2v) is 7.31. The second-order valence-electron chi connectivity index (χ2n) is 7.31. The topological polar surface area (TPSA) is 60.9 Å². The van der Waals surface area contributed by atoms with Gasteiger partial charge in [0.15, 0.2) is 17.3 Å². The molecule has 0 spiro atoms. The Labute approximate surface area is 165 Å². The van der Waals surface area contributed by atoms with Crippen molar-refractivity contribution in [2.45, 2.75) is 25.8 Å². The third-order valence-corrected chi connectivity index (χ3v) is 5.34. The number of rotatable bonds is 5. The minimum absolute atomic E-state index is 0.0185. The minimum atomic E-state index is -0.0185. The van der Waals surface area contributed by atoms with Gasteiger partial charge in [0.25, 0.3) is 0 Å². The lowest BCUT2D eigenvalue weighted by molar-refractivity contribution is 0.0805. The van der Waals surface area contributed by atoms with Gasteiger partial charge in [0.05, 0.1) is 20.3 Å². The maximum absolute atomic E-state index is 12.8. The summed E-state index contributed by atoms with van der Waals surface area (Å²) in [6.07, 6.45) is 4.45. The molecule has 3 heterocycles. The van der Waals surface area contributed by atoms with Gasteiger partial charge in [0.1, 0.15) is 11.4 Å². The van der Waals surface area contributed by atoms with E-state index in [0.717, 1.165) is 55.2 Å². The Kier molecular flexibility index (Phi) is 5.76. The van der Waals surface area contributed by atoms with E-state index in [1.165, 1.54) is 0 Å². The number of carbonyl (C=O) groups excluding carboxylic acids is 1. The van der Waals surface area contributed by atoms with Gasteiger partial charge < -0.3 is 14.2 Å². The summed E-state index contributed by atoms with van der Waals surface area (Å²) >= 11 is 0. The fourth-order valence-corrected chi connectivity index (χ4v) is 3.92. The lowest BCUT2D eigenvalue weighted by Gasteiger charge is -2.32. The SMILES string of the molecule is COc1cc2c(cc1CN1CCCC(C(=O)c3ccccn3)C1)OCCCO2. The number of piperidine rings is 1. The second kappa shape index (κ2) is 8.61. The van der Waals surface area contributed by atoms with Crippen LogP contribution >= 0.6 is 0 Å². The predicted octanol–water partition coefficient (Wildman–Crippen LogP) is 3.35. The molecule has 4 rings (SSSR count). The zero-order valence-corrected chi connectivity index (χ0v) is 16.2. The van der Waals surface area contributed by atoms with Gasteiger partial charge in [0, 0.05) is 43.3 Å². The van der Waals surface area contributed by atoms with E-state index in [1.54, 1.807) is 19.4 Å². The van der Waals surface area contributed by atoms with E-state index >= 15 is 0 Å². The van der Waals surface area contributed by atoms with Crippen molar-refractivity contribution in [1.82, 2.24) is 9.88 Å². The number of likely N-dealkylation sites (tertiary alicyclic amines) is 1. The quantitative estimate of drug-likeness (QED) is 0.739. The Bertz CT molecular complexity index is 825. The molecule has 0 amide bonds. The molecule has 2 aliphatic rings. The van der Waals surface area contributed by atoms with Crippen LogP contribution in [0.15, 0.2) is 36.5 Å². The van der Waals surface area contributed by atoms with Crippen LogP contribution in [0.3, 0.4) is 0 Å². The van der Waals surface area contributed by atoms with E-state index in [9.17, 15) is 4.79 Å². The van der Waals surface area contributed by atoms with Crippen molar-refractivity contribution in [1.29, 1.82) is 0 Å². The van der Waals surface area contributed by atoms with Gasteiger partial charge in [-0.1, -0.05) is 6.07 Å². The number of nitrogens with zero attached hydrogens (tertiary/aromatic N) is 2. The summed E-state index contributed by atoms with van der Waals surface area (Å²) in [5.74, 6) is 2.42. The average molecular weight is 382 g/mol. The van der Waals surface area contributed by atoms with Crippen molar-refractivity contribution >= 4 is 5.78 Å². The van der Waals surface area contributed by atoms with E-state index in [1.807, 2.05) is 24.3 Å². The van der Waals surface area contributed by atoms with Crippen LogP contribution in [0.4, 0.5) is 0 Å². The lowest BCUT2D eigenvalue weighted by atomic mass is 9.91. The van der Waals surface area contributed by atoms with Gasteiger partial charge in [-0.15, -0.1) is 0 Å². The number of ether oxygens (including phenoxy) is 3. The Morgan fingerprint density at radius 3 is 2.79 bits per heavy atom. The fourth-order valence-electron chi connectivity index (χ4n) is 3.92. The number of ketones is 1. The number of pyridine rings is 1. The number of fused-ring (bicyclic) bond motifs is 1. The van der Waals surface area contributed by atoms with E-state index in [-0.39, 0.29) is 11.7 Å². The normalized spacial score (nSPS) is 19.7. The van der Waals surface area contributed by atoms with E-state index in [0.29, 0.717) is 25.5 Å². The summed E-state index contributed by atoms with van der Waals surface area (Å²) in [5.41, 5.74) is 1.61. The van der Waals surface area contributed by atoms with Gasteiger partial charge >= 0.3 is 0 Å². The van der Waals surface area contributed by atoms with Crippen molar-refractivity contribution in [3.63, 3.8) is 0 Å². The molecule has 148 valence electrons. The Morgan fingerprint density at radius 2 is 2.04 bits per heavy atom. The molecule has 2 aliphatic heterocycles. The van der Waals surface area contributed by atoms with Gasteiger partial charge in [-0.25, -0.2) is 0 Å². The zero-order valence-electron chi connectivity index (χ0n) is 16.2. The molecular weight excluding hydrogens is 356 g/mol. The highest BCUT2D eigenvalue weighted by atomic mass is 16.5. The van der Waals surface area contributed by atoms with Crippen LogP contribution < -0.4 is 14.2 Å². The van der Waals surface area contributed by atoms with Crippen LogP contribution in [0.5, 0.6) is 17.2 Å². The molecule has 1 atom stereocenters. The van der Waals surface area contributed by atoms with Crippen molar-refractivity contribution in [2.24, 2.45) is 5.92 Å². The maximum Gasteiger partial charge on any atom is 0.185 e. The molecule has 1 saturated heterocycles. The van der Waals surface area contributed by atoms with Crippen LogP contribution in [0.25, 0.3) is 0 Å². The Morgan fingerprint density at radius 1 is 1.21 bits per heavy atom. The monoisotopic (exact) mass is 382 g/mol. The average Bonchev–Trinajstić information content (AvgIpc) is 2.98. The number of aromatic nitrogens is 1. The molecule has 28 heavy (non-hydrogen) atoms. The number of Topliss-reactive ketones (excluding diaryl/α,β-unsaturated/α-hetero) is 1. The summed E-state index contributed by atoms with van der Waals surface area (Å²) in [6, 6.07) is 9.43. The fraction of sp³-hybridized carbons (Fsp3) is 0.455. The van der Waals surface area contributed by atoms with Crippen LogP contribution in [0.1, 0.15) is 35.3 Å². The van der Waals surface area contributed by atoms with Crippen molar-refractivity contribution in [3.8, 4) is 17.2 Å². The van der Waals surface area contributed by atoms with Gasteiger partial charge in [0.2, 0.25) is 0 Å². The summed E-state index contributed by atoms with van der Waals surface area (Å²) in [4.78, 5) is 19.3. The highest BCUT2D eigenvalue weighted by Gasteiger charge is 2.28. The first-order chi connectivity index (χ1) is 13.7. The first-order valence-corrected chi connectivity index (χ1v) is 9.88. The zero-order chi connectivity index (χ0) is 19.3. The van der Waals surface area contributed by atoms with E-state index in [2.05, 4.69) is 9.88 Å². The first kappa shape index (κ1) is 18.7. The smallest absolute Gasteiger partial charge is 0.185 e. The maximum atomic E-state index is 12.8. The van der Waals surface area contributed by atoms with Crippen LogP contribution in [0.2, 0.25) is 0 Å². The van der Waals surface area contributed by atoms with Crippen LogP contribution in [0, 0.1) is 5.92 Å². The summed E-state index contributed by atoms with van der Waals surface area (Å²) in [6.45, 7) is 3.71. The van der Waals surface area contributed by atoms with Crippen LogP contribution in [-0.2, 0) is 6.54 Å². The van der Waals surface area contributed by atoms with Gasteiger partial charge in [-0.3, -0.25) is 14.7 Å². The molecule has 0 aliphatic carbocycles. The van der Waals surface area contributed by atoms with Gasteiger partial charge in [-0.05, 0) is 37.6 Å². The molecule has 1 unspecified atom stereocenters. The first-order valence-electron chi connectivity index (χ1n) is 9.88. The molecule has 6 nitrogen and oxygen atoms in total. The number of benzene rings is 1. The summed E-state index contributed by atoms with van der Waals surface area (Å²) < 4.78 is 17.2. The Hall–Kier alpha value is -2.60. The molecule has 2 aromatic rings. The molecule has 0 N–H and O–H groups in total. The number of hydrogen-bond donors (Lipinski definition) is 0. The molecule has 0 radical (unpaired) electrons. The summed E-state index contributed by atoms with van der Waals surface area (Å²) in [7, 11) is 1.67. The van der Waals surface area contributed by atoms with Crippen molar-refractivity contribution in [2.75, 3.05) is 33.4 Å². The Balaban J connectivity index is 1.49. The van der Waals surface area contributed by atoms with E-state index < -0.39 is 0 Å². The third-order valence-electron chi connectivity index (χ3n) is 5.34. The number of hydrogen-bond acceptors (Lipinski definition) is 6. The summed E-state index contributed by atoms with van der Waals surface area (Å²) in [5, 5.41) is 0. The molecule has 1 fully saturated rings. The molecule has 0 bridgehead atoms. The van der Waals surface area contributed by atoms with Crippen molar-refractivity contribution < 1.29 is 19.0 Å². The molecule has 1 aromatic carbocycles. The minimum Gasteiger partial charge on any atom is -0.496 e. The number of carbonyl (C=O) groups is 1. The highest BCUT2D eigenvalue weighted by molar-refractivity contribution is 5.96. The molecule has 6 heteroatoms. The molecular formula is C22H26N2O4. The third kappa shape index (κ3) is 4.12.